The Labute approximate surface area is 113 Å². The highest BCUT2D eigenvalue weighted by molar-refractivity contribution is 5.79. The van der Waals surface area contributed by atoms with Crippen LogP contribution in [0.2, 0.25) is 0 Å². The number of carbonyl (C=O) groups is 2. The molecule has 2 rings (SSSR count). The van der Waals surface area contributed by atoms with Crippen LogP contribution in [0.5, 0.6) is 0 Å². The van der Waals surface area contributed by atoms with E-state index in [1.54, 1.807) is 0 Å². The van der Waals surface area contributed by atoms with Gasteiger partial charge in [-0.05, 0) is 0 Å². The van der Waals surface area contributed by atoms with E-state index in [-0.39, 0.29) is 11.2 Å². The number of aliphatic carboxylic acids is 2. The second-order valence-electron chi connectivity index (χ2n) is 3.69. The predicted molar refractivity (Wildman–Crippen MR) is 66.1 cm³/mol. The van der Waals surface area contributed by atoms with Gasteiger partial charge in [0.15, 0.2) is 6.10 Å². The fourth-order valence-electron chi connectivity index (χ4n) is 1.21. The molecule has 1 atom stereocenters. The standard InChI is InChI=1S/C5H4N4O3.C4H6O5/c10-3-1-2(7-4(11)6-1)8-5(12)9-3;5-2(4(8)9)1-3(6)7/h(H4,6,7,8,9,10,11,12);2,5H,1H2,(H,6,7)(H,8,9). The first kappa shape index (κ1) is 15.9. The van der Waals surface area contributed by atoms with Crippen molar-refractivity contribution in [3.63, 3.8) is 0 Å². The number of imidazole rings is 1. The topological polar surface area (TPSA) is 209 Å². The molecule has 7 N–H and O–H groups in total. The fraction of sp³-hybridized carbons (Fsp3) is 0.222. The summed E-state index contributed by atoms with van der Waals surface area (Å²) in [6.07, 6.45) is -2.54. The second kappa shape index (κ2) is 6.33. The molecular weight excluding hydrogens is 292 g/mol. The summed E-state index contributed by atoms with van der Waals surface area (Å²) >= 11 is 0. The van der Waals surface area contributed by atoms with Gasteiger partial charge < -0.3 is 15.3 Å². The van der Waals surface area contributed by atoms with Gasteiger partial charge in [0.1, 0.15) is 11.2 Å². The van der Waals surface area contributed by atoms with Gasteiger partial charge in [0.2, 0.25) is 0 Å². The summed E-state index contributed by atoms with van der Waals surface area (Å²) in [7, 11) is 0. The molecule has 0 spiro atoms. The van der Waals surface area contributed by atoms with Gasteiger partial charge in [-0.15, -0.1) is 0 Å². The molecule has 1 unspecified atom stereocenters. The molecule has 0 bridgehead atoms. The highest BCUT2D eigenvalue weighted by Gasteiger charge is 2.16. The van der Waals surface area contributed by atoms with Crippen LogP contribution in [-0.4, -0.2) is 53.3 Å². The van der Waals surface area contributed by atoms with Crippen molar-refractivity contribution in [2.75, 3.05) is 0 Å². The maximum absolute atomic E-state index is 10.9. The summed E-state index contributed by atoms with van der Waals surface area (Å²) in [5, 5.41) is 24.1. The van der Waals surface area contributed by atoms with Crippen LogP contribution in [0.25, 0.3) is 11.2 Å². The molecule has 0 fully saturated rings. The van der Waals surface area contributed by atoms with Crippen molar-refractivity contribution in [1.29, 1.82) is 0 Å². The lowest BCUT2D eigenvalue weighted by atomic mass is 10.3. The van der Waals surface area contributed by atoms with E-state index in [1.807, 2.05) is 4.98 Å². The maximum atomic E-state index is 10.9. The maximum Gasteiger partial charge on any atom is 0.333 e. The zero-order valence-corrected chi connectivity index (χ0v) is 10.2. The first-order valence-corrected chi connectivity index (χ1v) is 5.28. The number of carboxylic acids is 2. The number of fused-ring (bicyclic) bond motifs is 1. The number of hydrogen-bond acceptors (Lipinski definition) is 6. The molecule has 12 heteroatoms. The first-order chi connectivity index (χ1) is 9.70. The Morgan fingerprint density at radius 1 is 0.952 bits per heavy atom. The molecule has 0 aliphatic rings. The average molecular weight is 302 g/mol. The van der Waals surface area contributed by atoms with Crippen molar-refractivity contribution in [1.82, 2.24) is 19.9 Å². The number of aliphatic hydroxyl groups excluding tert-OH is 1. The van der Waals surface area contributed by atoms with E-state index in [2.05, 4.69) is 15.0 Å². The van der Waals surface area contributed by atoms with Crippen molar-refractivity contribution in [2.24, 2.45) is 0 Å². The molecule has 2 aromatic heterocycles. The Hall–Kier alpha value is -3.15. The van der Waals surface area contributed by atoms with E-state index in [0.29, 0.717) is 0 Å². The molecule has 12 nitrogen and oxygen atoms in total. The Morgan fingerprint density at radius 2 is 1.48 bits per heavy atom. The van der Waals surface area contributed by atoms with E-state index in [4.69, 9.17) is 15.3 Å². The molecular formula is C9H10N4O8. The van der Waals surface area contributed by atoms with Crippen LogP contribution in [0.4, 0.5) is 0 Å². The number of carboxylic acid groups (broad SMARTS) is 2. The number of H-pyrrole nitrogens is 4. The van der Waals surface area contributed by atoms with Crippen LogP contribution in [0, 0.1) is 0 Å². The highest BCUT2D eigenvalue weighted by atomic mass is 16.4. The molecule has 0 saturated carbocycles. The Bertz CT molecular complexity index is 824. The summed E-state index contributed by atoms with van der Waals surface area (Å²) in [6, 6.07) is 0. The van der Waals surface area contributed by atoms with Gasteiger partial charge in [0.25, 0.3) is 5.56 Å². The van der Waals surface area contributed by atoms with Crippen LogP contribution in [0.15, 0.2) is 14.4 Å². The SMILES string of the molecule is O=C(O)CC(O)C(=O)O.O=c1[nH]c(=O)c2[nH]c(=O)[nH]c2[nH]1. The number of aromatic amines is 4. The molecule has 0 radical (unpaired) electrons. The summed E-state index contributed by atoms with van der Waals surface area (Å²) in [5.41, 5.74) is -1.65. The second-order valence-corrected chi connectivity index (χ2v) is 3.69. The van der Waals surface area contributed by atoms with Gasteiger partial charge in [-0.2, -0.15) is 0 Å². The number of hydrogen-bond donors (Lipinski definition) is 7. The number of nitrogens with one attached hydrogen (secondary N) is 4. The monoisotopic (exact) mass is 302 g/mol. The lowest BCUT2D eigenvalue weighted by Crippen LogP contribution is -2.22. The van der Waals surface area contributed by atoms with E-state index in [9.17, 15) is 24.0 Å². The lowest BCUT2D eigenvalue weighted by molar-refractivity contribution is -0.152. The van der Waals surface area contributed by atoms with Crippen LogP contribution >= 0.6 is 0 Å². The van der Waals surface area contributed by atoms with Crippen molar-refractivity contribution >= 4 is 23.1 Å². The third-order valence-corrected chi connectivity index (χ3v) is 2.07. The van der Waals surface area contributed by atoms with Gasteiger partial charge in [-0.25, -0.2) is 14.4 Å². The number of aliphatic hydroxyl groups is 1. The molecule has 0 aromatic carbocycles. The van der Waals surface area contributed by atoms with Crippen LogP contribution in [0.3, 0.4) is 0 Å². The number of rotatable bonds is 3. The predicted octanol–water partition coefficient (Wildman–Crippen LogP) is -2.86. The summed E-state index contributed by atoms with van der Waals surface area (Å²) in [4.78, 5) is 60.4. The van der Waals surface area contributed by atoms with E-state index >= 15 is 0 Å². The molecule has 2 aromatic rings. The van der Waals surface area contributed by atoms with Gasteiger partial charge >= 0.3 is 23.3 Å². The summed E-state index contributed by atoms with van der Waals surface area (Å²) in [5.74, 6) is -2.85. The average Bonchev–Trinajstić information content (AvgIpc) is 2.69. The van der Waals surface area contributed by atoms with E-state index in [0.717, 1.165) is 0 Å². The third-order valence-electron chi connectivity index (χ3n) is 2.07. The minimum absolute atomic E-state index is 0.0413. The largest absolute Gasteiger partial charge is 0.481 e. The number of aromatic nitrogens is 4. The molecule has 2 heterocycles. The third kappa shape index (κ3) is 4.46. The van der Waals surface area contributed by atoms with Crippen LogP contribution in [0.1, 0.15) is 6.42 Å². The van der Waals surface area contributed by atoms with E-state index in [1.165, 1.54) is 0 Å². The molecule has 0 aliphatic heterocycles. The fourth-order valence-corrected chi connectivity index (χ4v) is 1.21. The minimum Gasteiger partial charge on any atom is -0.481 e. The van der Waals surface area contributed by atoms with E-state index < -0.39 is 41.4 Å². The normalized spacial score (nSPS) is 11.5. The van der Waals surface area contributed by atoms with Gasteiger partial charge in [0, 0.05) is 0 Å². The van der Waals surface area contributed by atoms with Crippen molar-refractivity contribution in [2.45, 2.75) is 12.5 Å². The summed E-state index contributed by atoms with van der Waals surface area (Å²) < 4.78 is 0. The van der Waals surface area contributed by atoms with Crippen molar-refractivity contribution in [3.8, 4) is 0 Å². The smallest absolute Gasteiger partial charge is 0.333 e. The Balaban J connectivity index is 0.000000222. The lowest BCUT2D eigenvalue weighted by Gasteiger charge is -1.97. The molecule has 21 heavy (non-hydrogen) atoms. The van der Waals surface area contributed by atoms with Gasteiger partial charge in [-0.1, -0.05) is 0 Å². The minimum atomic E-state index is -1.79. The van der Waals surface area contributed by atoms with Gasteiger partial charge in [-0.3, -0.25) is 29.5 Å². The van der Waals surface area contributed by atoms with Crippen molar-refractivity contribution in [3.05, 3.63) is 31.3 Å². The summed E-state index contributed by atoms with van der Waals surface area (Å²) in [6.45, 7) is 0. The molecule has 0 saturated heterocycles. The van der Waals surface area contributed by atoms with Crippen LogP contribution in [-0.2, 0) is 9.59 Å². The quantitative estimate of drug-likeness (QED) is 0.312. The zero-order chi connectivity index (χ0) is 16.2. The van der Waals surface area contributed by atoms with Crippen molar-refractivity contribution < 1.29 is 24.9 Å². The molecule has 0 aliphatic carbocycles. The Kier molecular flexibility index (Phi) is 4.80. The Morgan fingerprint density at radius 3 is 1.90 bits per heavy atom. The van der Waals surface area contributed by atoms with Gasteiger partial charge in [0.05, 0.1) is 6.42 Å². The molecule has 0 amide bonds. The zero-order valence-electron chi connectivity index (χ0n) is 10.2. The molecule has 114 valence electrons. The van der Waals surface area contributed by atoms with Crippen LogP contribution < -0.4 is 16.9 Å². The first-order valence-electron chi connectivity index (χ1n) is 5.28. The highest BCUT2D eigenvalue weighted by Crippen LogP contribution is 1.89.